The highest BCUT2D eigenvalue weighted by molar-refractivity contribution is 6.45. The smallest absolute Gasteiger partial charge is 0.354 e. The van der Waals surface area contributed by atoms with Crippen LogP contribution < -0.4 is 15.6 Å². The van der Waals surface area contributed by atoms with Gasteiger partial charge >= 0.3 is 12.0 Å². The lowest BCUT2D eigenvalue weighted by Crippen LogP contribution is -2.33. The highest BCUT2D eigenvalue weighted by Gasteiger charge is 2.25. The number of carbonyl (C=O) groups excluding carboxylic acids is 1. The third kappa shape index (κ3) is 3.91. The number of halogens is 2. The number of H-pyrrole nitrogens is 1. The van der Waals surface area contributed by atoms with Crippen LogP contribution in [0.15, 0.2) is 77.6 Å². The summed E-state index contributed by atoms with van der Waals surface area (Å²) in [6.45, 7) is 0. The van der Waals surface area contributed by atoms with Gasteiger partial charge in [0, 0.05) is 0 Å². The van der Waals surface area contributed by atoms with Crippen molar-refractivity contribution in [3.63, 3.8) is 0 Å². The second-order valence-corrected chi connectivity index (χ2v) is 7.52. The van der Waals surface area contributed by atoms with Gasteiger partial charge in [0.25, 0.3) is 0 Å². The molecule has 0 spiro atoms. The van der Waals surface area contributed by atoms with Crippen molar-refractivity contribution in [1.29, 1.82) is 0 Å². The summed E-state index contributed by atoms with van der Waals surface area (Å²) in [4.78, 5) is 42.4. The number of nitrogens with zero attached hydrogens (tertiary/aromatic N) is 1. The van der Waals surface area contributed by atoms with Gasteiger partial charge in [0.05, 0.1) is 32.3 Å². The average molecular weight is 468 g/mol. The number of para-hydroxylation sites is 2. The second-order valence-electron chi connectivity index (χ2n) is 6.73. The number of aromatic amines is 1. The number of rotatable bonds is 4. The quantitative estimate of drug-likeness (QED) is 0.347. The number of aromatic nitrogens is 1. The predicted molar refractivity (Wildman–Crippen MR) is 126 cm³/mol. The molecule has 0 saturated carbocycles. The van der Waals surface area contributed by atoms with Crippen molar-refractivity contribution < 1.29 is 14.7 Å². The lowest BCUT2D eigenvalue weighted by atomic mass is 10.1. The van der Waals surface area contributed by atoms with Crippen LogP contribution in [-0.2, 0) is 0 Å². The number of carbonyl (C=O) groups is 2. The van der Waals surface area contributed by atoms with Crippen LogP contribution in [0, 0.1) is 0 Å². The van der Waals surface area contributed by atoms with Gasteiger partial charge in [0.15, 0.2) is 5.69 Å². The number of fused-ring (bicyclic) bond motifs is 1. The first-order valence-electron chi connectivity index (χ1n) is 9.37. The molecule has 1 heterocycles. The first-order valence-corrected chi connectivity index (χ1v) is 10.1. The second kappa shape index (κ2) is 8.74. The molecular formula is C23H15Cl2N3O4. The van der Waals surface area contributed by atoms with E-state index in [0.29, 0.717) is 11.4 Å². The highest BCUT2D eigenvalue weighted by Crippen LogP contribution is 2.30. The van der Waals surface area contributed by atoms with Gasteiger partial charge in [-0.25, -0.2) is 9.59 Å². The zero-order valence-electron chi connectivity index (χ0n) is 16.3. The van der Waals surface area contributed by atoms with Crippen molar-refractivity contribution in [2.75, 3.05) is 10.2 Å². The van der Waals surface area contributed by atoms with Crippen LogP contribution in [0.5, 0.6) is 0 Å². The van der Waals surface area contributed by atoms with Gasteiger partial charge in [-0.2, -0.15) is 0 Å². The van der Waals surface area contributed by atoms with Crippen LogP contribution in [-0.4, -0.2) is 22.1 Å². The van der Waals surface area contributed by atoms with Gasteiger partial charge < -0.3 is 15.4 Å². The molecule has 4 rings (SSSR count). The largest absolute Gasteiger partial charge is 0.477 e. The molecule has 3 aromatic carbocycles. The number of pyridine rings is 1. The number of hydrogen-bond acceptors (Lipinski definition) is 3. The van der Waals surface area contributed by atoms with Gasteiger partial charge in [0.1, 0.15) is 5.69 Å². The molecule has 32 heavy (non-hydrogen) atoms. The number of hydrogen-bond donors (Lipinski definition) is 3. The van der Waals surface area contributed by atoms with Crippen molar-refractivity contribution in [1.82, 2.24) is 4.98 Å². The SMILES string of the molecule is O=C(O)c1[nH]c2ccc(Cl)c(Cl)c2c(=O)c1NC(=O)N(c1ccccc1)c1ccccc1. The van der Waals surface area contributed by atoms with E-state index < -0.39 is 28.8 Å². The summed E-state index contributed by atoms with van der Waals surface area (Å²) in [6.07, 6.45) is 0. The Kier molecular flexibility index (Phi) is 5.85. The van der Waals surface area contributed by atoms with E-state index in [1.54, 1.807) is 60.7 Å². The van der Waals surface area contributed by atoms with E-state index in [2.05, 4.69) is 10.3 Å². The van der Waals surface area contributed by atoms with Crippen LogP contribution in [0.4, 0.5) is 21.9 Å². The fourth-order valence-electron chi connectivity index (χ4n) is 3.29. The van der Waals surface area contributed by atoms with E-state index in [1.165, 1.54) is 17.0 Å². The predicted octanol–water partition coefficient (Wildman–Crippen LogP) is 5.90. The number of aromatic carboxylic acids is 1. The summed E-state index contributed by atoms with van der Waals surface area (Å²) in [7, 11) is 0. The minimum atomic E-state index is -1.42. The molecule has 3 N–H and O–H groups in total. The molecule has 0 aliphatic heterocycles. The maximum atomic E-state index is 13.3. The maximum Gasteiger partial charge on any atom is 0.354 e. The minimum Gasteiger partial charge on any atom is -0.477 e. The molecule has 160 valence electrons. The molecule has 0 radical (unpaired) electrons. The van der Waals surface area contributed by atoms with E-state index in [4.69, 9.17) is 23.2 Å². The number of carboxylic acids is 1. The Morgan fingerprint density at radius 1 is 0.875 bits per heavy atom. The standard InChI is InChI=1S/C23H15Cl2N3O4/c24-15-11-12-16-17(18(15)25)21(29)19(20(26-16)22(30)31)27-23(32)28(13-7-3-1-4-8-13)14-9-5-2-6-10-14/h1-12H,(H,26,29)(H,27,32)(H,30,31). The highest BCUT2D eigenvalue weighted by atomic mass is 35.5. The summed E-state index contributed by atoms with van der Waals surface area (Å²) in [6, 6.07) is 19.6. The van der Waals surface area contributed by atoms with E-state index in [1.807, 2.05) is 0 Å². The van der Waals surface area contributed by atoms with Crippen LogP contribution in [0.25, 0.3) is 10.9 Å². The van der Waals surface area contributed by atoms with Crippen molar-refractivity contribution >= 4 is 63.2 Å². The maximum absolute atomic E-state index is 13.3. The Balaban J connectivity index is 1.87. The Morgan fingerprint density at radius 3 is 1.97 bits per heavy atom. The number of carboxylic acid groups (broad SMARTS) is 1. The van der Waals surface area contributed by atoms with Gasteiger partial charge in [-0.3, -0.25) is 9.69 Å². The number of urea groups is 1. The molecule has 0 aliphatic rings. The average Bonchev–Trinajstić information content (AvgIpc) is 2.79. The third-order valence-electron chi connectivity index (χ3n) is 4.74. The van der Waals surface area contributed by atoms with Crippen LogP contribution >= 0.6 is 23.2 Å². The van der Waals surface area contributed by atoms with Crippen LogP contribution in [0.2, 0.25) is 10.0 Å². The summed E-state index contributed by atoms with van der Waals surface area (Å²) in [5.74, 6) is -1.42. The molecule has 9 heteroatoms. The zero-order chi connectivity index (χ0) is 22.8. The Hall–Kier alpha value is -3.81. The van der Waals surface area contributed by atoms with Crippen molar-refractivity contribution in [2.45, 2.75) is 0 Å². The van der Waals surface area contributed by atoms with Gasteiger partial charge in [-0.1, -0.05) is 59.6 Å². The number of amides is 2. The summed E-state index contributed by atoms with van der Waals surface area (Å²) >= 11 is 12.2. The fourth-order valence-corrected chi connectivity index (χ4v) is 3.70. The van der Waals surface area contributed by atoms with Crippen LogP contribution in [0.3, 0.4) is 0 Å². The van der Waals surface area contributed by atoms with E-state index >= 15 is 0 Å². The normalized spacial score (nSPS) is 10.7. The number of nitrogens with one attached hydrogen (secondary N) is 2. The van der Waals surface area contributed by atoms with Crippen molar-refractivity contribution in [2.24, 2.45) is 0 Å². The van der Waals surface area contributed by atoms with Crippen molar-refractivity contribution in [3.05, 3.63) is 98.8 Å². The lowest BCUT2D eigenvalue weighted by Gasteiger charge is -2.23. The first kappa shape index (κ1) is 21.4. The Bertz CT molecular complexity index is 1350. The molecular weight excluding hydrogens is 453 g/mol. The summed E-state index contributed by atoms with van der Waals surface area (Å²) in [5.41, 5.74) is -0.468. The minimum absolute atomic E-state index is 0.0227. The third-order valence-corrected chi connectivity index (χ3v) is 5.54. The van der Waals surface area contributed by atoms with Crippen LogP contribution in [0.1, 0.15) is 10.5 Å². The lowest BCUT2D eigenvalue weighted by molar-refractivity contribution is 0.0692. The molecule has 0 saturated heterocycles. The molecule has 2 amide bonds. The van der Waals surface area contributed by atoms with Gasteiger partial charge in [-0.05, 0) is 36.4 Å². The molecule has 1 aromatic heterocycles. The molecule has 0 aliphatic carbocycles. The molecule has 0 bridgehead atoms. The molecule has 0 atom stereocenters. The fraction of sp³-hybridized carbons (Fsp3) is 0. The molecule has 0 fully saturated rings. The molecule has 7 nitrogen and oxygen atoms in total. The van der Waals surface area contributed by atoms with E-state index in [9.17, 15) is 19.5 Å². The topological polar surface area (TPSA) is 102 Å². The first-order chi connectivity index (χ1) is 15.4. The monoisotopic (exact) mass is 467 g/mol. The van der Waals surface area contributed by atoms with Gasteiger partial charge in [-0.15, -0.1) is 0 Å². The van der Waals surface area contributed by atoms with Gasteiger partial charge in [0.2, 0.25) is 5.43 Å². The van der Waals surface area contributed by atoms with E-state index in [0.717, 1.165) is 0 Å². The molecule has 0 unspecified atom stereocenters. The zero-order valence-corrected chi connectivity index (χ0v) is 17.8. The number of anilines is 3. The molecule has 4 aromatic rings. The Labute approximate surface area is 191 Å². The number of benzene rings is 3. The summed E-state index contributed by atoms with van der Waals surface area (Å²) < 4.78 is 0. The Morgan fingerprint density at radius 2 is 1.44 bits per heavy atom. The van der Waals surface area contributed by atoms with Crippen molar-refractivity contribution in [3.8, 4) is 0 Å². The van der Waals surface area contributed by atoms with E-state index in [-0.39, 0.29) is 20.9 Å². The summed E-state index contributed by atoms with van der Waals surface area (Å²) in [5, 5.41) is 12.2.